The van der Waals surface area contributed by atoms with E-state index in [9.17, 15) is 0 Å². The van der Waals surface area contributed by atoms with Crippen LogP contribution in [0.15, 0.2) is 48.5 Å². The van der Waals surface area contributed by atoms with Crippen LogP contribution in [0.5, 0.6) is 0 Å². The Labute approximate surface area is 684 Å². The van der Waals surface area contributed by atoms with Gasteiger partial charge >= 0.3 is 0 Å². The van der Waals surface area contributed by atoms with Gasteiger partial charge in [-0.1, -0.05) is 364 Å². The standard InChI is InChI=1S/C104H162N8/c1-9-17-25-33-41-49-57-65-81-73-89-90(74-82(81)66-58-50-42-34-26-18-10-2)98-105-97(89)109-99-91-75-83(67-59-51-43-35-27-19-11-3)84(68-60-52-44-36-28-20-12-4)76-92(91)101(106-99)111-103-95-79-87(71-63-55-47-39-31-23-15-7)88(72-64-56-48-40-32-24-16-8)80-96(95)104(108-103)112-102-94-78-86(70-62-54-46-38-30-22-14-6)85(77-93(94)100(107-102)110-98)69-61-53-45-37-29-21-13-5/h73-80H,9-72H2,1-8H3,(H2,105,106,107,108,109,110,111,112). The molecule has 0 unspecified atom stereocenters. The number of aromatic amines is 2. The van der Waals surface area contributed by atoms with Crippen LogP contribution in [-0.4, -0.2) is 39.9 Å². The summed E-state index contributed by atoms with van der Waals surface area (Å²) in [4.78, 5) is 43.5. The number of benzene rings is 4. The van der Waals surface area contributed by atoms with E-state index >= 15 is 0 Å². The number of nitrogens with zero attached hydrogens (tertiary/aromatic N) is 6. The normalized spacial score (nSPS) is 12.1. The van der Waals surface area contributed by atoms with Gasteiger partial charge in [-0.2, -0.15) is 0 Å². The fraction of sp³-hybridized carbons (Fsp3) is 0.692. The number of rotatable bonds is 64. The first-order valence-electron chi connectivity index (χ1n) is 48.8. The van der Waals surface area contributed by atoms with Gasteiger partial charge in [-0.25, -0.2) is 29.9 Å². The van der Waals surface area contributed by atoms with Gasteiger partial charge in [0.2, 0.25) is 0 Å². The van der Waals surface area contributed by atoms with Crippen molar-refractivity contribution in [3.63, 3.8) is 0 Å². The molecule has 0 saturated heterocycles. The molecule has 112 heavy (non-hydrogen) atoms. The molecule has 8 heteroatoms. The van der Waals surface area contributed by atoms with E-state index in [1.807, 2.05) is 0 Å². The average Bonchev–Trinajstić information content (AvgIpc) is 1.59. The highest BCUT2D eigenvalue weighted by Gasteiger charge is 2.27. The number of fused-ring (bicyclic) bond motifs is 20. The van der Waals surface area contributed by atoms with Gasteiger partial charge in [0.1, 0.15) is 22.6 Å². The molecule has 0 aliphatic carbocycles. The summed E-state index contributed by atoms with van der Waals surface area (Å²) >= 11 is 0. The van der Waals surface area contributed by atoms with Crippen molar-refractivity contribution in [2.75, 3.05) is 0 Å². The molecule has 5 heterocycles. The van der Waals surface area contributed by atoms with Gasteiger partial charge in [0.05, 0.1) is 0 Å². The molecule has 618 valence electrons. The molecule has 4 aromatic carbocycles. The molecule has 0 radical (unpaired) electrons. The van der Waals surface area contributed by atoms with Gasteiger partial charge in [-0.3, -0.25) is 0 Å². The second-order valence-corrected chi connectivity index (χ2v) is 35.2. The van der Waals surface area contributed by atoms with Crippen molar-refractivity contribution < 1.29 is 0 Å². The summed E-state index contributed by atoms with van der Waals surface area (Å²) in [5, 5.41) is 4.54. The van der Waals surface area contributed by atoms with E-state index in [2.05, 4.69) is 114 Å². The van der Waals surface area contributed by atoms with Crippen LogP contribution in [-0.2, 0) is 51.4 Å². The van der Waals surface area contributed by atoms with E-state index in [0.29, 0.717) is 0 Å². The van der Waals surface area contributed by atoms with Crippen LogP contribution >= 0.6 is 0 Å². The largest absolute Gasteiger partial charge is 0.324 e. The molecule has 0 fully saturated rings. The van der Waals surface area contributed by atoms with E-state index in [0.717, 1.165) is 141 Å². The molecular weight excluding hydrogens is 1360 g/mol. The second kappa shape index (κ2) is 53.5. The zero-order chi connectivity index (χ0) is 78.4. The van der Waals surface area contributed by atoms with Gasteiger partial charge < -0.3 is 9.97 Å². The van der Waals surface area contributed by atoms with Crippen molar-refractivity contribution in [2.45, 2.75) is 466 Å². The van der Waals surface area contributed by atoms with E-state index in [1.54, 1.807) is 0 Å². The Hall–Kier alpha value is -5.76. The number of hydrogen-bond acceptors (Lipinski definition) is 6. The zero-order valence-corrected chi connectivity index (χ0v) is 73.6. The van der Waals surface area contributed by atoms with Gasteiger partial charge in [-0.15, -0.1) is 0 Å². The SMILES string of the molecule is CCCCCCCCCc1cc2c(cc1CCCCCCCCC)-c1nc-2nc2[nH]c(nc3nc(nc4[nH]c(n1)c1cc(CCCCCCCCC)c(CCCCCCCCC)cc41)-c1cc(CCCCCCCCC)c(CCCCCCCCC)cc1-3)c1cc(CCCCCCCCC)c(CCCCCCCCC)cc21. The first-order valence-corrected chi connectivity index (χ1v) is 48.8. The molecule has 2 N–H and O–H groups in total. The Kier molecular flexibility index (Phi) is 43.0. The first-order chi connectivity index (χ1) is 55.3. The third-order valence-electron chi connectivity index (χ3n) is 25.5. The Morgan fingerprint density at radius 2 is 0.295 bits per heavy atom. The van der Waals surface area contributed by atoms with Crippen molar-refractivity contribution >= 4 is 44.1 Å². The van der Waals surface area contributed by atoms with E-state index in [1.165, 1.54) is 404 Å². The van der Waals surface area contributed by atoms with E-state index < -0.39 is 0 Å². The van der Waals surface area contributed by atoms with Crippen molar-refractivity contribution in [1.82, 2.24) is 39.9 Å². The molecule has 0 amide bonds. The molecule has 0 atom stereocenters. The van der Waals surface area contributed by atoms with Crippen molar-refractivity contribution in [2.24, 2.45) is 0 Å². The lowest BCUT2D eigenvalue weighted by Gasteiger charge is -2.13. The van der Waals surface area contributed by atoms with Crippen molar-refractivity contribution in [1.29, 1.82) is 0 Å². The van der Waals surface area contributed by atoms with Gasteiger partial charge in [0, 0.05) is 43.8 Å². The van der Waals surface area contributed by atoms with Crippen LogP contribution in [0, 0.1) is 0 Å². The van der Waals surface area contributed by atoms with Crippen molar-refractivity contribution in [3.8, 4) is 45.6 Å². The molecular formula is C104H162N8. The second-order valence-electron chi connectivity index (χ2n) is 35.2. The molecule has 7 aromatic rings. The summed E-state index contributed by atoms with van der Waals surface area (Å²) < 4.78 is 0. The Morgan fingerprint density at radius 3 is 0.446 bits per heavy atom. The summed E-state index contributed by atoms with van der Waals surface area (Å²) in [6.45, 7) is 18.7. The predicted octanol–water partition coefficient (Wildman–Crippen LogP) is 33.2. The van der Waals surface area contributed by atoms with Crippen LogP contribution in [0.1, 0.15) is 459 Å². The molecule has 0 saturated carbocycles. The minimum atomic E-state index is 0.750. The maximum Gasteiger partial charge on any atom is 0.164 e. The van der Waals surface area contributed by atoms with Crippen molar-refractivity contribution in [3.05, 3.63) is 93.0 Å². The fourth-order valence-electron chi connectivity index (χ4n) is 18.4. The van der Waals surface area contributed by atoms with Gasteiger partial charge in [0.15, 0.2) is 23.3 Å². The lowest BCUT2D eigenvalue weighted by molar-refractivity contribution is 0.583. The molecule has 3 aromatic heterocycles. The van der Waals surface area contributed by atoms with Gasteiger partial charge in [-0.05, 0) is 196 Å². The predicted molar refractivity (Wildman–Crippen MR) is 490 cm³/mol. The van der Waals surface area contributed by atoms with Crippen LogP contribution in [0.4, 0.5) is 0 Å². The Balaban J connectivity index is 1.32. The maximum atomic E-state index is 5.95. The Morgan fingerprint density at radius 1 is 0.161 bits per heavy atom. The summed E-state index contributed by atoms with van der Waals surface area (Å²) in [6, 6.07) is 20.4. The van der Waals surface area contributed by atoms with Crippen LogP contribution < -0.4 is 0 Å². The Bertz CT molecular complexity index is 3460. The molecule has 9 rings (SSSR count). The first kappa shape index (κ1) is 90.2. The summed E-state index contributed by atoms with van der Waals surface area (Å²) in [6.07, 6.45) is 81.3. The minimum absolute atomic E-state index is 0.750. The lowest BCUT2D eigenvalue weighted by Crippen LogP contribution is -1.98. The monoisotopic (exact) mass is 1520 g/mol. The van der Waals surface area contributed by atoms with Gasteiger partial charge in [0.25, 0.3) is 0 Å². The topological polar surface area (TPSA) is 109 Å². The number of aryl methyl sites for hydroxylation is 8. The highest BCUT2D eigenvalue weighted by Crippen LogP contribution is 2.42. The highest BCUT2D eigenvalue weighted by molar-refractivity contribution is 6.07. The minimum Gasteiger partial charge on any atom is -0.324 e. The molecule has 2 aliphatic heterocycles. The average molecular weight is 1520 g/mol. The summed E-state index contributed by atoms with van der Waals surface area (Å²) in [7, 11) is 0. The summed E-state index contributed by atoms with van der Waals surface area (Å²) in [5.74, 6) is 3.00. The smallest absolute Gasteiger partial charge is 0.164 e. The quantitative estimate of drug-likeness (QED) is 0.0368. The number of hydrogen-bond donors (Lipinski definition) is 2. The maximum absolute atomic E-state index is 5.95. The number of aromatic nitrogens is 8. The molecule has 8 nitrogen and oxygen atoms in total. The van der Waals surface area contributed by atoms with Crippen LogP contribution in [0.25, 0.3) is 89.7 Å². The van der Waals surface area contributed by atoms with E-state index in [-0.39, 0.29) is 0 Å². The molecule has 2 aliphatic rings. The molecule has 8 bridgehead atoms. The number of nitrogens with one attached hydrogen (secondary N) is 2. The lowest BCUT2D eigenvalue weighted by atomic mass is 9.91. The van der Waals surface area contributed by atoms with Crippen LogP contribution in [0.2, 0.25) is 0 Å². The number of H-pyrrole nitrogens is 2. The third kappa shape index (κ3) is 29.4. The number of unbranched alkanes of at least 4 members (excludes halogenated alkanes) is 48. The molecule has 0 spiro atoms. The zero-order valence-electron chi connectivity index (χ0n) is 73.6. The highest BCUT2D eigenvalue weighted by atomic mass is 15.1. The van der Waals surface area contributed by atoms with Crippen LogP contribution in [0.3, 0.4) is 0 Å². The third-order valence-corrected chi connectivity index (χ3v) is 25.5. The van der Waals surface area contributed by atoms with E-state index in [4.69, 9.17) is 29.9 Å². The summed E-state index contributed by atoms with van der Waals surface area (Å²) in [5.41, 5.74) is 19.6. The fourth-order valence-corrected chi connectivity index (χ4v) is 18.4.